The number of aliphatic hydroxyl groups excluding tert-OH is 1. The molecule has 2 aromatic carbocycles. The third kappa shape index (κ3) is 3.10. The van der Waals surface area contributed by atoms with Gasteiger partial charge >= 0.3 is 0 Å². The van der Waals surface area contributed by atoms with Gasteiger partial charge in [0.25, 0.3) is 0 Å². The summed E-state index contributed by atoms with van der Waals surface area (Å²) < 4.78 is 32.8. The average Bonchev–Trinajstić information content (AvgIpc) is 3.43. The zero-order chi connectivity index (χ0) is 19.1. The van der Waals surface area contributed by atoms with Crippen molar-refractivity contribution in [1.29, 1.82) is 0 Å². The SMILES string of the molecule is COc1cc(C[C@H]2[C@H](Cc3ccc4c(c3)OCO4)CO[C@@H]2O)cc2c1OCO2. The molecule has 148 valence electrons. The highest BCUT2D eigenvalue weighted by Crippen LogP contribution is 2.43. The maximum Gasteiger partial charge on any atom is 0.231 e. The number of benzene rings is 2. The van der Waals surface area contributed by atoms with Gasteiger partial charge in [0.15, 0.2) is 29.3 Å². The number of aliphatic hydroxyl groups is 1. The van der Waals surface area contributed by atoms with Gasteiger partial charge in [-0.15, -0.1) is 0 Å². The fourth-order valence-corrected chi connectivity index (χ4v) is 4.12. The van der Waals surface area contributed by atoms with Crippen LogP contribution < -0.4 is 23.7 Å². The summed E-state index contributed by atoms with van der Waals surface area (Å²) in [5.41, 5.74) is 2.16. The van der Waals surface area contributed by atoms with Crippen molar-refractivity contribution in [2.24, 2.45) is 11.8 Å². The summed E-state index contributed by atoms with van der Waals surface area (Å²) in [6.45, 7) is 0.970. The summed E-state index contributed by atoms with van der Waals surface area (Å²) in [5, 5.41) is 10.4. The summed E-state index contributed by atoms with van der Waals surface area (Å²) in [5.74, 6) is 3.65. The van der Waals surface area contributed by atoms with Crippen molar-refractivity contribution in [2.75, 3.05) is 27.3 Å². The summed E-state index contributed by atoms with van der Waals surface area (Å²) in [4.78, 5) is 0. The van der Waals surface area contributed by atoms with Gasteiger partial charge in [-0.05, 0) is 54.2 Å². The maximum absolute atomic E-state index is 10.4. The lowest BCUT2D eigenvalue weighted by Gasteiger charge is -2.21. The molecule has 1 N–H and O–H groups in total. The highest BCUT2D eigenvalue weighted by molar-refractivity contribution is 5.55. The normalized spacial score (nSPS) is 24.6. The second-order valence-electron chi connectivity index (χ2n) is 7.28. The second-order valence-corrected chi connectivity index (χ2v) is 7.28. The van der Waals surface area contributed by atoms with Crippen molar-refractivity contribution in [3.8, 4) is 28.7 Å². The van der Waals surface area contributed by atoms with E-state index < -0.39 is 6.29 Å². The Kier molecular flexibility index (Phi) is 4.41. The van der Waals surface area contributed by atoms with E-state index in [1.807, 2.05) is 30.3 Å². The Bertz CT molecular complexity index is 881. The first-order valence-corrected chi connectivity index (χ1v) is 9.36. The molecule has 3 atom stereocenters. The molecule has 3 heterocycles. The van der Waals surface area contributed by atoms with Crippen LogP contribution in [0.4, 0.5) is 0 Å². The summed E-state index contributed by atoms with van der Waals surface area (Å²) >= 11 is 0. The molecule has 0 radical (unpaired) electrons. The van der Waals surface area contributed by atoms with Crippen molar-refractivity contribution in [1.82, 2.24) is 0 Å². The lowest BCUT2D eigenvalue weighted by atomic mass is 9.84. The van der Waals surface area contributed by atoms with E-state index in [0.717, 1.165) is 29.0 Å². The average molecular weight is 386 g/mol. The molecule has 2 aromatic rings. The minimum Gasteiger partial charge on any atom is -0.493 e. The van der Waals surface area contributed by atoms with Gasteiger partial charge in [-0.3, -0.25) is 0 Å². The molecule has 7 nitrogen and oxygen atoms in total. The topological polar surface area (TPSA) is 75.6 Å². The van der Waals surface area contributed by atoms with Crippen molar-refractivity contribution in [3.05, 3.63) is 41.5 Å². The fourth-order valence-electron chi connectivity index (χ4n) is 4.12. The summed E-state index contributed by atoms with van der Waals surface area (Å²) in [6, 6.07) is 9.87. The molecule has 0 aromatic heterocycles. The molecule has 0 unspecified atom stereocenters. The number of ether oxygens (including phenoxy) is 6. The van der Waals surface area contributed by atoms with Gasteiger partial charge in [0.1, 0.15) is 0 Å². The van der Waals surface area contributed by atoms with Crippen LogP contribution in [0.1, 0.15) is 11.1 Å². The van der Waals surface area contributed by atoms with Crippen LogP contribution in [0.15, 0.2) is 30.3 Å². The van der Waals surface area contributed by atoms with Crippen LogP contribution in [0.25, 0.3) is 0 Å². The number of fused-ring (bicyclic) bond motifs is 2. The molecule has 3 aliphatic rings. The van der Waals surface area contributed by atoms with Gasteiger partial charge in [-0.25, -0.2) is 0 Å². The van der Waals surface area contributed by atoms with Crippen LogP contribution in [0.3, 0.4) is 0 Å². The predicted molar refractivity (Wildman–Crippen MR) is 98.0 cm³/mol. The summed E-state index contributed by atoms with van der Waals surface area (Å²) in [7, 11) is 1.61. The van der Waals surface area contributed by atoms with Crippen LogP contribution in [0, 0.1) is 11.8 Å². The monoisotopic (exact) mass is 386 g/mol. The molecule has 0 saturated carbocycles. The second kappa shape index (κ2) is 7.07. The lowest BCUT2D eigenvalue weighted by molar-refractivity contribution is -0.0820. The third-order valence-electron chi connectivity index (χ3n) is 5.58. The quantitative estimate of drug-likeness (QED) is 0.846. The van der Waals surface area contributed by atoms with E-state index in [4.69, 9.17) is 28.4 Å². The highest BCUT2D eigenvalue weighted by Gasteiger charge is 2.37. The Morgan fingerprint density at radius 3 is 2.61 bits per heavy atom. The lowest BCUT2D eigenvalue weighted by Crippen LogP contribution is -2.24. The van der Waals surface area contributed by atoms with Crippen molar-refractivity contribution >= 4 is 0 Å². The number of rotatable bonds is 5. The molecule has 1 fully saturated rings. The minimum atomic E-state index is -0.796. The molecule has 28 heavy (non-hydrogen) atoms. The molecule has 0 amide bonds. The molecular formula is C21H22O7. The number of methoxy groups -OCH3 is 1. The van der Waals surface area contributed by atoms with Crippen molar-refractivity contribution < 1.29 is 33.5 Å². The molecule has 7 heteroatoms. The Labute approximate surface area is 162 Å². The van der Waals surface area contributed by atoms with Crippen molar-refractivity contribution in [2.45, 2.75) is 19.1 Å². The summed E-state index contributed by atoms with van der Waals surface area (Å²) in [6.07, 6.45) is 0.652. The molecule has 0 aliphatic carbocycles. The Morgan fingerprint density at radius 1 is 0.929 bits per heavy atom. The van der Waals surface area contributed by atoms with Gasteiger partial charge in [-0.1, -0.05) is 6.07 Å². The van der Waals surface area contributed by atoms with Gasteiger partial charge in [0, 0.05) is 5.92 Å². The van der Waals surface area contributed by atoms with E-state index in [9.17, 15) is 5.11 Å². The fraction of sp³-hybridized carbons (Fsp3) is 0.429. The van der Waals surface area contributed by atoms with Crippen LogP contribution in [-0.4, -0.2) is 38.7 Å². The van der Waals surface area contributed by atoms with E-state index in [1.165, 1.54) is 0 Å². The van der Waals surface area contributed by atoms with Gasteiger partial charge in [0.2, 0.25) is 19.3 Å². The minimum absolute atomic E-state index is 0.0319. The van der Waals surface area contributed by atoms with Crippen molar-refractivity contribution in [3.63, 3.8) is 0 Å². The highest BCUT2D eigenvalue weighted by atomic mass is 16.7. The zero-order valence-corrected chi connectivity index (χ0v) is 15.6. The van der Waals surface area contributed by atoms with Crippen LogP contribution >= 0.6 is 0 Å². The van der Waals surface area contributed by atoms with Crippen LogP contribution in [0.2, 0.25) is 0 Å². The Balaban J connectivity index is 1.35. The first-order chi connectivity index (χ1) is 13.7. The smallest absolute Gasteiger partial charge is 0.231 e. The predicted octanol–water partition coefficient (Wildman–Crippen LogP) is 2.52. The molecule has 5 rings (SSSR count). The first kappa shape index (κ1) is 17.5. The standard InChI is InChI=1S/C21H22O7/c1-23-18-7-13(8-19-20(18)28-11-27-19)5-15-14(9-24-21(15)22)4-12-2-3-16-17(6-12)26-10-25-16/h2-3,6-8,14-15,21-22H,4-5,9-11H2,1H3/t14-,15+,21+/m1/s1. The first-order valence-electron chi connectivity index (χ1n) is 9.36. The van der Waals surface area contributed by atoms with E-state index in [1.54, 1.807) is 7.11 Å². The number of hydrogen-bond acceptors (Lipinski definition) is 7. The Hall–Kier alpha value is -2.64. The van der Waals surface area contributed by atoms with Crippen LogP contribution in [0.5, 0.6) is 28.7 Å². The maximum atomic E-state index is 10.4. The third-order valence-corrected chi connectivity index (χ3v) is 5.58. The van der Waals surface area contributed by atoms with E-state index in [-0.39, 0.29) is 25.4 Å². The molecular weight excluding hydrogens is 364 g/mol. The van der Waals surface area contributed by atoms with Crippen LogP contribution in [-0.2, 0) is 17.6 Å². The molecule has 3 aliphatic heterocycles. The molecule has 0 spiro atoms. The zero-order valence-electron chi connectivity index (χ0n) is 15.6. The largest absolute Gasteiger partial charge is 0.493 e. The molecule has 0 bridgehead atoms. The number of hydrogen-bond donors (Lipinski definition) is 1. The van der Waals surface area contributed by atoms with Gasteiger partial charge in [-0.2, -0.15) is 0 Å². The van der Waals surface area contributed by atoms with E-state index >= 15 is 0 Å². The van der Waals surface area contributed by atoms with Gasteiger partial charge < -0.3 is 33.5 Å². The van der Waals surface area contributed by atoms with E-state index in [0.29, 0.717) is 30.3 Å². The molecule has 1 saturated heterocycles. The van der Waals surface area contributed by atoms with Gasteiger partial charge in [0.05, 0.1) is 13.7 Å². The Morgan fingerprint density at radius 2 is 1.71 bits per heavy atom. The van der Waals surface area contributed by atoms with E-state index in [2.05, 4.69) is 0 Å².